The molecule has 2 aliphatic heterocycles. The molecular formula is C26H30N2. The Labute approximate surface area is 169 Å². The lowest BCUT2D eigenvalue weighted by molar-refractivity contribution is 0.499. The molecule has 3 heterocycles. The minimum atomic E-state index is 0.364. The van der Waals surface area contributed by atoms with Crippen molar-refractivity contribution in [3.05, 3.63) is 83.2 Å². The molecule has 2 nitrogen and oxygen atoms in total. The van der Waals surface area contributed by atoms with Crippen LogP contribution in [0.5, 0.6) is 0 Å². The van der Waals surface area contributed by atoms with Gasteiger partial charge in [-0.15, -0.1) is 6.58 Å². The number of hydrogen-bond acceptors (Lipinski definition) is 2. The molecule has 2 heteroatoms. The maximum absolute atomic E-state index is 5.10. The summed E-state index contributed by atoms with van der Waals surface area (Å²) in [5.41, 5.74) is 10.2. The van der Waals surface area contributed by atoms with Crippen LogP contribution in [0.2, 0.25) is 0 Å². The summed E-state index contributed by atoms with van der Waals surface area (Å²) in [5, 5.41) is 1.29. The van der Waals surface area contributed by atoms with Crippen molar-refractivity contribution in [3.63, 3.8) is 0 Å². The van der Waals surface area contributed by atoms with E-state index in [-0.39, 0.29) is 0 Å². The molecule has 0 amide bonds. The van der Waals surface area contributed by atoms with E-state index in [1.807, 2.05) is 0 Å². The molecule has 0 saturated heterocycles. The molecule has 0 aliphatic carbocycles. The highest BCUT2D eigenvalue weighted by molar-refractivity contribution is 5.88. The maximum Gasteiger partial charge on any atom is 0.0927 e. The molecule has 1 aromatic heterocycles. The van der Waals surface area contributed by atoms with Crippen molar-refractivity contribution in [1.82, 2.24) is 9.88 Å². The van der Waals surface area contributed by atoms with Gasteiger partial charge in [0.05, 0.1) is 23.5 Å². The van der Waals surface area contributed by atoms with Gasteiger partial charge >= 0.3 is 0 Å². The zero-order chi connectivity index (χ0) is 19.8. The first-order chi connectivity index (χ1) is 13.6. The van der Waals surface area contributed by atoms with Crippen LogP contribution in [0.25, 0.3) is 16.6 Å². The molecule has 0 spiro atoms. The Kier molecular flexibility index (Phi) is 4.97. The van der Waals surface area contributed by atoms with E-state index in [4.69, 9.17) is 4.98 Å². The highest BCUT2D eigenvalue weighted by Gasteiger charge is 2.35. The van der Waals surface area contributed by atoms with Crippen LogP contribution in [-0.4, -0.2) is 9.88 Å². The third kappa shape index (κ3) is 2.74. The molecule has 2 aliphatic rings. The van der Waals surface area contributed by atoms with Gasteiger partial charge in [0, 0.05) is 22.6 Å². The van der Waals surface area contributed by atoms with Gasteiger partial charge in [-0.05, 0) is 48.1 Å². The number of aromatic nitrogens is 1. The van der Waals surface area contributed by atoms with Gasteiger partial charge in [-0.3, -0.25) is 0 Å². The summed E-state index contributed by atoms with van der Waals surface area (Å²) in [5.74, 6) is 0.364. The van der Waals surface area contributed by atoms with Crippen molar-refractivity contribution >= 4 is 16.6 Å². The van der Waals surface area contributed by atoms with E-state index in [0.29, 0.717) is 5.92 Å². The molecule has 0 N–H and O–H groups in total. The molecule has 1 unspecified atom stereocenters. The van der Waals surface area contributed by atoms with Crippen LogP contribution in [0.15, 0.2) is 66.4 Å². The Balaban J connectivity index is 1.95. The molecule has 0 fully saturated rings. The second kappa shape index (κ2) is 7.43. The van der Waals surface area contributed by atoms with Crippen LogP contribution >= 0.6 is 0 Å². The molecule has 2 aromatic rings. The third-order valence-corrected chi connectivity index (χ3v) is 6.25. The summed E-state index contributed by atoms with van der Waals surface area (Å²) in [7, 11) is 0. The van der Waals surface area contributed by atoms with Crippen molar-refractivity contribution in [1.29, 1.82) is 0 Å². The van der Waals surface area contributed by atoms with Crippen LogP contribution in [0.3, 0.4) is 0 Å². The molecule has 0 radical (unpaired) electrons. The van der Waals surface area contributed by atoms with Crippen molar-refractivity contribution in [2.24, 2.45) is 5.92 Å². The largest absolute Gasteiger partial charge is 0.335 e. The fraction of sp³-hybridized carbons (Fsp3) is 0.346. The molecule has 1 aromatic carbocycles. The van der Waals surface area contributed by atoms with Gasteiger partial charge in [-0.2, -0.15) is 0 Å². The van der Waals surface area contributed by atoms with Crippen LogP contribution in [0.4, 0.5) is 0 Å². The first-order valence-corrected chi connectivity index (χ1v) is 10.6. The van der Waals surface area contributed by atoms with Gasteiger partial charge in [-0.25, -0.2) is 4.98 Å². The molecule has 1 atom stereocenters. The SMILES string of the molecule is C=CC(CC)C1=C(CCC)C(=C)N2Cc3c(nc4ccccc4c3CC)C2=C1. The maximum atomic E-state index is 5.10. The summed E-state index contributed by atoms with van der Waals surface area (Å²) < 4.78 is 0. The fourth-order valence-corrected chi connectivity index (χ4v) is 4.81. The van der Waals surface area contributed by atoms with Crippen LogP contribution in [0, 0.1) is 5.92 Å². The standard InChI is InChI=1S/C26H30N2/c1-6-12-20-17(5)28-16-23-19(9-4)21-13-10-11-14-24(21)27-26(23)25(28)15-22(20)18(7-2)8-3/h7,10-11,13-15,18H,2,5-6,8-9,12,16H2,1,3-4H3. The van der Waals surface area contributed by atoms with E-state index in [2.05, 4.69) is 75.2 Å². The summed E-state index contributed by atoms with van der Waals surface area (Å²) in [6.07, 6.45) is 8.73. The average molecular weight is 371 g/mol. The number of pyridine rings is 1. The minimum absolute atomic E-state index is 0.364. The lowest BCUT2D eigenvalue weighted by Gasteiger charge is -2.32. The summed E-state index contributed by atoms with van der Waals surface area (Å²) in [4.78, 5) is 7.49. The van der Waals surface area contributed by atoms with Crippen molar-refractivity contribution in [2.45, 2.75) is 53.0 Å². The Morgan fingerprint density at radius 1 is 1.21 bits per heavy atom. The van der Waals surface area contributed by atoms with Crippen LogP contribution < -0.4 is 0 Å². The van der Waals surface area contributed by atoms with Crippen molar-refractivity contribution in [2.75, 3.05) is 0 Å². The number of rotatable bonds is 6. The monoisotopic (exact) mass is 370 g/mol. The smallest absolute Gasteiger partial charge is 0.0927 e. The molecule has 0 bridgehead atoms. The zero-order valence-corrected chi connectivity index (χ0v) is 17.4. The third-order valence-electron chi connectivity index (χ3n) is 6.25. The Bertz CT molecular complexity index is 1020. The number of nitrogens with zero attached hydrogens (tertiary/aromatic N) is 2. The summed E-state index contributed by atoms with van der Waals surface area (Å²) >= 11 is 0. The van der Waals surface area contributed by atoms with E-state index < -0.39 is 0 Å². The fourth-order valence-electron chi connectivity index (χ4n) is 4.81. The number of para-hydroxylation sites is 1. The first kappa shape index (κ1) is 18.7. The quantitative estimate of drug-likeness (QED) is 0.520. The highest BCUT2D eigenvalue weighted by atomic mass is 15.2. The van der Waals surface area contributed by atoms with E-state index in [1.165, 1.54) is 33.4 Å². The topological polar surface area (TPSA) is 16.1 Å². The van der Waals surface area contributed by atoms with Crippen molar-refractivity contribution < 1.29 is 0 Å². The van der Waals surface area contributed by atoms with E-state index in [0.717, 1.165) is 49.1 Å². The normalized spacial score (nSPS) is 16.9. The van der Waals surface area contributed by atoms with E-state index in [9.17, 15) is 0 Å². The number of fused-ring (bicyclic) bond motifs is 4. The van der Waals surface area contributed by atoms with Crippen molar-refractivity contribution in [3.8, 4) is 0 Å². The second-order valence-corrected chi connectivity index (χ2v) is 7.78. The van der Waals surface area contributed by atoms with Gasteiger partial charge in [0.25, 0.3) is 0 Å². The molecule has 144 valence electrons. The number of benzene rings is 1. The molecule has 0 saturated carbocycles. The van der Waals surface area contributed by atoms with Gasteiger partial charge in [0.2, 0.25) is 0 Å². The Morgan fingerprint density at radius 2 is 2.00 bits per heavy atom. The Hall–Kier alpha value is -2.61. The number of aryl methyl sites for hydroxylation is 1. The zero-order valence-electron chi connectivity index (χ0n) is 17.4. The lowest BCUT2D eigenvalue weighted by Crippen LogP contribution is -2.22. The van der Waals surface area contributed by atoms with Gasteiger partial charge in [-0.1, -0.05) is 58.0 Å². The summed E-state index contributed by atoms with van der Waals surface area (Å²) in [6.45, 7) is 16.2. The van der Waals surface area contributed by atoms with Crippen LogP contribution in [-0.2, 0) is 13.0 Å². The number of allylic oxidation sites excluding steroid dienone is 4. The van der Waals surface area contributed by atoms with Gasteiger partial charge in [0.1, 0.15) is 0 Å². The molecular weight excluding hydrogens is 340 g/mol. The van der Waals surface area contributed by atoms with Gasteiger partial charge in [0.15, 0.2) is 0 Å². The molecule has 28 heavy (non-hydrogen) atoms. The predicted molar refractivity (Wildman–Crippen MR) is 120 cm³/mol. The van der Waals surface area contributed by atoms with Crippen LogP contribution in [0.1, 0.15) is 56.9 Å². The predicted octanol–water partition coefficient (Wildman–Crippen LogP) is 6.79. The molecule has 4 rings (SSSR count). The van der Waals surface area contributed by atoms with E-state index >= 15 is 0 Å². The highest BCUT2D eigenvalue weighted by Crippen LogP contribution is 2.46. The van der Waals surface area contributed by atoms with E-state index in [1.54, 1.807) is 0 Å². The first-order valence-electron chi connectivity index (χ1n) is 10.6. The second-order valence-electron chi connectivity index (χ2n) is 7.78. The van der Waals surface area contributed by atoms with Gasteiger partial charge < -0.3 is 4.90 Å². The summed E-state index contributed by atoms with van der Waals surface area (Å²) in [6, 6.07) is 8.54. The lowest BCUT2D eigenvalue weighted by atomic mass is 9.85. The Morgan fingerprint density at radius 3 is 2.68 bits per heavy atom. The average Bonchev–Trinajstić information content (AvgIpc) is 3.08. The number of hydrogen-bond donors (Lipinski definition) is 0. The minimum Gasteiger partial charge on any atom is -0.335 e.